The largest absolute Gasteiger partial charge is 0.373 e. The van der Waals surface area contributed by atoms with Crippen LogP contribution in [0.2, 0.25) is 0 Å². The van der Waals surface area contributed by atoms with Crippen molar-refractivity contribution >= 4 is 0 Å². The van der Waals surface area contributed by atoms with Gasteiger partial charge in [-0.05, 0) is 31.5 Å². The molecule has 1 aliphatic heterocycles. The summed E-state index contributed by atoms with van der Waals surface area (Å²) in [6.07, 6.45) is 1.69. The molecule has 2 rings (SSSR count). The lowest BCUT2D eigenvalue weighted by Crippen LogP contribution is -2.47. The van der Waals surface area contributed by atoms with Gasteiger partial charge in [-0.15, -0.1) is 0 Å². The van der Waals surface area contributed by atoms with E-state index < -0.39 is 0 Å². The van der Waals surface area contributed by atoms with Gasteiger partial charge in [0.15, 0.2) is 0 Å². The molecule has 4 nitrogen and oxygen atoms in total. The molecule has 90 valence electrons. The molecule has 1 fully saturated rings. The predicted octanol–water partition coefficient (Wildman–Crippen LogP) is 1.56. The molecule has 0 N–H and O–H groups in total. The Morgan fingerprint density at radius 3 is 3.12 bits per heavy atom. The summed E-state index contributed by atoms with van der Waals surface area (Å²) in [5.41, 5.74) is 1.54. The Kier molecular flexibility index (Phi) is 3.41. The number of hydrogen-bond donors (Lipinski definition) is 0. The number of nitrogens with zero attached hydrogens (tertiary/aromatic N) is 3. The second-order valence-corrected chi connectivity index (χ2v) is 4.98. The van der Waals surface area contributed by atoms with E-state index in [4.69, 9.17) is 10.00 Å². The van der Waals surface area contributed by atoms with Crippen LogP contribution in [0.4, 0.5) is 0 Å². The van der Waals surface area contributed by atoms with Crippen LogP contribution in [-0.4, -0.2) is 35.2 Å². The minimum absolute atomic E-state index is 0.0800. The van der Waals surface area contributed by atoms with Crippen LogP contribution < -0.4 is 0 Å². The van der Waals surface area contributed by atoms with E-state index in [1.807, 2.05) is 12.1 Å². The molecule has 0 unspecified atom stereocenters. The van der Waals surface area contributed by atoms with E-state index in [1.54, 1.807) is 6.20 Å². The van der Waals surface area contributed by atoms with Gasteiger partial charge in [-0.25, -0.2) is 4.98 Å². The molecular weight excluding hydrogens is 214 g/mol. The third kappa shape index (κ3) is 3.26. The molecular formula is C13H17N3O. The van der Waals surface area contributed by atoms with E-state index in [9.17, 15) is 0 Å². The Labute approximate surface area is 102 Å². The zero-order valence-corrected chi connectivity index (χ0v) is 10.3. The van der Waals surface area contributed by atoms with Gasteiger partial charge < -0.3 is 4.74 Å². The van der Waals surface area contributed by atoms with Crippen molar-refractivity contribution in [2.45, 2.75) is 26.0 Å². The number of morpholine rings is 1. The molecule has 1 saturated heterocycles. The van der Waals surface area contributed by atoms with E-state index in [0.29, 0.717) is 5.69 Å². The van der Waals surface area contributed by atoms with Crippen molar-refractivity contribution in [3.8, 4) is 6.07 Å². The summed E-state index contributed by atoms with van der Waals surface area (Å²) in [5.74, 6) is 0. The predicted molar refractivity (Wildman–Crippen MR) is 64.3 cm³/mol. The maximum atomic E-state index is 8.80. The lowest BCUT2D eigenvalue weighted by atomic mass is 10.1. The maximum absolute atomic E-state index is 8.80. The molecule has 0 aromatic carbocycles. The number of ether oxygens (including phenoxy) is 1. The van der Waals surface area contributed by atoms with Gasteiger partial charge in [0, 0.05) is 25.8 Å². The van der Waals surface area contributed by atoms with Crippen LogP contribution in [0.1, 0.15) is 25.1 Å². The van der Waals surface area contributed by atoms with Crippen LogP contribution >= 0.6 is 0 Å². The second kappa shape index (κ2) is 4.82. The number of aromatic nitrogens is 1. The standard InChI is InChI=1S/C13H17N3O/c1-13(2)10-16(5-6-17-13)9-11-3-4-15-12(7-11)8-14/h3-4,7H,5-6,9-10H2,1-2H3. The Morgan fingerprint density at radius 1 is 1.59 bits per heavy atom. The molecule has 4 heteroatoms. The van der Waals surface area contributed by atoms with Gasteiger partial charge in [-0.3, -0.25) is 4.90 Å². The minimum Gasteiger partial charge on any atom is -0.373 e. The van der Waals surface area contributed by atoms with Gasteiger partial charge in [-0.2, -0.15) is 5.26 Å². The highest BCUT2D eigenvalue weighted by Gasteiger charge is 2.26. The van der Waals surface area contributed by atoms with E-state index in [2.05, 4.69) is 29.8 Å². The highest BCUT2D eigenvalue weighted by molar-refractivity contribution is 5.25. The quantitative estimate of drug-likeness (QED) is 0.775. The maximum Gasteiger partial charge on any atom is 0.140 e. The number of nitriles is 1. The zero-order chi connectivity index (χ0) is 12.3. The third-order valence-corrected chi connectivity index (χ3v) is 2.85. The van der Waals surface area contributed by atoms with Crippen LogP contribution in [-0.2, 0) is 11.3 Å². The first-order chi connectivity index (χ1) is 8.09. The van der Waals surface area contributed by atoms with E-state index in [-0.39, 0.29) is 5.60 Å². The SMILES string of the molecule is CC1(C)CN(Cc2ccnc(C#N)c2)CCO1. The molecule has 17 heavy (non-hydrogen) atoms. The molecule has 2 heterocycles. The molecule has 0 aliphatic carbocycles. The fourth-order valence-corrected chi connectivity index (χ4v) is 2.14. The minimum atomic E-state index is -0.0800. The van der Waals surface area contributed by atoms with E-state index in [1.165, 1.54) is 0 Å². The average Bonchev–Trinajstić information content (AvgIpc) is 2.28. The van der Waals surface area contributed by atoms with Gasteiger partial charge in [0.1, 0.15) is 11.8 Å². The first-order valence-electron chi connectivity index (χ1n) is 5.80. The summed E-state index contributed by atoms with van der Waals surface area (Å²) in [7, 11) is 0. The molecule has 1 aromatic rings. The number of rotatable bonds is 2. The van der Waals surface area contributed by atoms with Crippen molar-refractivity contribution < 1.29 is 4.74 Å². The van der Waals surface area contributed by atoms with Crippen molar-refractivity contribution in [1.29, 1.82) is 5.26 Å². The average molecular weight is 231 g/mol. The Morgan fingerprint density at radius 2 is 2.41 bits per heavy atom. The van der Waals surface area contributed by atoms with Crippen LogP contribution in [0.5, 0.6) is 0 Å². The highest BCUT2D eigenvalue weighted by atomic mass is 16.5. The molecule has 1 aliphatic rings. The van der Waals surface area contributed by atoms with Gasteiger partial charge in [-0.1, -0.05) is 0 Å². The number of pyridine rings is 1. The molecule has 0 spiro atoms. The summed E-state index contributed by atoms with van der Waals surface area (Å²) in [5, 5.41) is 8.80. The third-order valence-electron chi connectivity index (χ3n) is 2.85. The molecule has 0 amide bonds. The Balaban J connectivity index is 2.03. The van der Waals surface area contributed by atoms with Gasteiger partial charge in [0.25, 0.3) is 0 Å². The smallest absolute Gasteiger partial charge is 0.140 e. The van der Waals surface area contributed by atoms with Crippen LogP contribution in [0.25, 0.3) is 0 Å². The lowest BCUT2D eigenvalue weighted by Gasteiger charge is -2.38. The summed E-state index contributed by atoms with van der Waals surface area (Å²) in [6, 6.07) is 5.88. The fraction of sp³-hybridized carbons (Fsp3) is 0.538. The van der Waals surface area contributed by atoms with Gasteiger partial charge in [0.05, 0.1) is 12.2 Å². The highest BCUT2D eigenvalue weighted by Crippen LogP contribution is 2.18. The molecule has 0 radical (unpaired) electrons. The monoisotopic (exact) mass is 231 g/mol. The summed E-state index contributed by atoms with van der Waals surface area (Å²) < 4.78 is 5.67. The summed E-state index contributed by atoms with van der Waals surface area (Å²) >= 11 is 0. The Bertz CT molecular complexity index is 437. The van der Waals surface area contributed by atoms with Crippen molar-refractivity contribution in [2.75, 3.05) is 19.7 Å². The topological polar surface area (TPSA) is 49.2 Å². The zero-order valence-electron chi connectivity index (χ0n) is 10.3. The van der Waals surface area contributed by atoms with Crippen LogP contribution in [0.15, 0.2) is 18.3 Å². The normalized spacial score (nSPS) is 19.8. The first-order valence-corrected chi connectivity index (χ1v) is 5.80. The fourth-order valence-electron chi connectivity index (χ4n) is 2.14. The second-order valence-electron chi connectivity index (χ2n) is 4.98. The van der Waals surface area contributed by atoms with Crippen LogP contribution in [0, 0.1) is 11.3 Å². The first kappa shape index (κ1) is 12.0. The number of hydrogen-bond acceptors (Lipinski definition) is 4. The Hall–Kier alpha value is -1.44. The van der Waals surface area contributed by atoms with E-state index >= 15 is 0 Å². The van der Waals surface area contributed by atoms with Crippen molar-refractivity contribution in [3.63, 3.8) is 0 Å². The van der Waals surface area contributed by atoms with Crippen molar-refractivity contribution in [2.24, 2.45) is 0 Å². The van der Waals surface area contributed by atoms with Crippen molar-refractivity contribution in [3.05, 3.63) is 29.6 Å². The van der Waals surface area contributed by atoms with E-state index in [0.717, 1.165) is 31.8 Å². The summed E-state index contributed by atoms with van der Waals surface area (Å²) in [4.78, 5) is 6.32. The molecule has 0 bridgehead atoms. The molecule has 1 aromatic heterocycles. The van der Waals surface area contributed by atoms with Gasteiger partial charge in [0.2, 0.25) is 0 Å². The van der Waals surface area contributed by atoms with Crippen LogP contribution in [0.3, 0.4) is 0 Å². The molecule has 0 atom stereocenters. The van der Waals surface area contributed by atoms with Gasteiger partial charge >= 0.3 is 0 Å². The lowest BCUT2D eigenvalue weighted by molar-refractivity contribution is -0.0882. The van der Waals surface area contributed by atoms with Crippen molar-refractivity contribution in [1.82, 2.24) is 9.88 Å². The summed E-state index contributed by atoms with van der Waals surface area (Å²) in [6.45, 7) is 7.68. The molecule has 0 saturated carbocycles.